The Morgan fingerprint density at radius 2 is 2.18 bits per heavy atom. The molecular formula is C14H22N2S. The third-order valence-electron chi connectivity index (χ3n) is 4.30. The van der Waals surface area contributed by atoms with Gasteiger partial charge in [0.1, 0.15) is 5.01 Å². The van der Waals surface area contributed by atoms with Gasteiger partial charge in [0.15, 0.2) is 0 Å². The summed E-state index contributed by atoms with van der Waals surface area (Å²) in [6.45, 7) is 5.58. The van der Waals surface area contributed by atoms with E-state index >= 15 is 0 Å². The lowest BCUT2D eigenvalue weighted by Crippen LogP contribution is -2.43. The summed E-state index contributed by atoms with van der Waals surface area (Å²) in [5, 5.41) is 5.14. The van der Waals surface area contributed by atoms with Crippen LogP contribution in [0.1, 0.15) is 55.1 Å². The molecule has 0 amide bonds. The summed E-state index contributed by atoms with van der Waals surface area (Å²) >= 11 is 1.99. The maximum atomic E-state index is 4.97. The molecule has 1 N–H and O–H groups in total. The molecule has 1 atom stereocenters. The minimum Gasteiger partial charge on any atom is -0.305 e. The zero-order valence-corrected chi connectivity index (χ0v) is 11.7. The lowest BCUT2D eigenvalue weighted by molar-refractivity contribution is 0.280. The van der Waals surface area contributed by atoms with E-state index in [4.69, 9.17) is 4.98 Å². The Morgan fingerprint density at radius 3 is 2.76 bits per heavy atom. The average molecular weight is 250 g/mol. The SMILES string of the molecule is CCNC(CC)(c1nc2c(s1)CCC2)C1CC1. The molecule has 94 valence electrons. The van der Waals surface area contributed by atoms with Gasteiger partial charge in [0, 0.05) is 4.88 Å². The fraction of sp³-hybridized carbons (Fsp3) is 0.786. The molecule has 0 aromatic carbocycles. The molecule has 0 radical (unpaired) electrons. The molecule has 3 heteroatoms. The van der Waals surface area contributed by atoms with Crippen molar-refractivity contribution in [2.45, 2.75) is 57.9 Å². The second-order valence-corrected chi connectivity index (χ2v) is 6.46. The molecule has 2 aliphatic carbocycles. The minimum absolute atomic E-state index is 0.198. The number of thiazole rings is 1. The van der Waals surface area contributed by atoms with E-state index in [1.54, 1.807) is 4.88 Å². The van der Waals surface area contributed by atoms with E-state index in [9.17, 15) is 0 Å². The first-order chi connectivity index (χ1) is 8.30. The van der Waals surface area contributed by atoms with Gasteiger partial charge in [-0.3, -0.25) is 0 Å². The predicted molar refractivity (Wildman–Crippen MR) is 72.5 cm³/mol. The zero-order valence-electron chi connectivity index (χ0n) is 10.9. The Morgan fingerprint density at radius 1 is 1.35 bits per heavy atom. The number of nitrogens with one attached hydrogen (secondary N) is 1. The minimum atomic E-state index is 0.198. The molecule has 0 saturated heterocycles. The molecule has 1 unspecified atom stereocenters. The molecule has 0 aliphatic heterocycles. The number of hydrogen-bond donors (Lipinski definition) is 1. The molecular weight excluding hydrogens is 228 g/mol. The summed E-state index contributed by atoms with van der Waals surface area (Å²) in [5.41, 5.74) is 1.60. The molecule has 2 nitrogen and oxygen atoms in total. The Bertz CT molecular complexity index is 387. The monoisotopic (exact) mass is 250 g/mol. The summed E-state index contributed by atoms with van der Waals surface area (Å²) in [7, 11) is 0. The molecule has 2 aliphatic rings. The van der Waals surface area contributed by atoms with Crippen LogP contribution in [0.5, 0.6) is 0 Å². The van der Waals surface area contributed by atoms with Crippen LogP contribution in [0, 0.1) is 5.92 Å². The highest BCUT2D eigenvalue weighted by molar-refractivity contribution is 7.12. The first-order valence-corrected chi connectivity index (χ1v) is 7.86. The van der Waals surface area contributed by atoms with Gasteiger partial charge in [-0.2, -0.15) is 0 Å². The van der Waals surface area contributed by atoms with Gasteiger partial charge in [0.2, 0.25) is 0 Å². The van der Waals surface area contributed by atoms with Crippen molar-refractivity contribution >= 4 is 11.3 Å². The van der Waals surface area contributed by atoms with Crippen LogP contribution in [0.2, 0.25) is 0 Å². The normalized spacial score (nSPS) is 22.5. The van der Waals surface area contributed by atoms with Crippen LogP contribution in [0.4, 0.5) is 0 Å². The van der Waals surface area contributed by atoms with Crippen LogP contribution in [0.3, 0.4) is 0 Å². The van der Waals surface area contributed by atoms with Gasteiger partial charge < -0.3 is 5.32 Å². The van der Waals surface area contributed by atoms with Crippen molar-refractivity contribution in [3.63, 3.8) is 0 Å². The van der Waals surface area contributed by atoms with Crippen LogP contribution in [-0.4, -0.2) is 11.5 Å². The van der Waals surface area contributed by atoms with Crippen LogP contribution < -0.4 is 5.32 Å². The maximum Gasteiger partial charge on any atom is 0.114 e. The molecule has 1 aromatic rings. The highest BCUT2D eigenvalue weighted by Crippen LogP contribution is 2.49. The maximum absolute atomic E-state index is 4.97. The van der Waals surface area contributed by atoms with Crippen molar-refractivity contribution in [2.24, 2.45) is 5.92 Å². The van der Waals surface area contributed by atoms with Gasteiger partial charge in [-0.1, -0.05) is 13.8 Å². The predicted octanol–water partition coefficient (Wildman–Crippen LogP) is 3.26. The van der Waals surface area contributed by atoms with E-state index in [0.29, 0.717) is 0 Å². The van der Waals surface area contributed by atoms with E-state index in [-0.39, 0.29) is 5.54 Å². The fourth-order valence-corrected chi connectivity index (χ4v) is 4.70. The quantitative estimate of drug-likeness (QED) is 0.867. The average Bonchev–Trinajstić information content (AvgIpc) is 2.95. The van der Waals surface area contributed by atoms with Gasteiger partial charge >= 0.3 is 0 Å². The smallest absolute Gasteiger partial charge is 0.114 e. The number of hydrogen-bond acceptors (Lipinski definition) is 3. The van der Waals surface area contributed by atoms with Crippen LogP contribution >= 0.6 is 11.3 Å². The fourth-order valence-electron chi connectivity index (χ4n) is 3.23. The Balaban J connectivity index is 1.96. The van der Waals surface area contributed by atoms with Crippen LogP contribution in [0.25, 0.3) is 0 Å². The second kappa shape index (κ2) is 4.36. The Kier molecular flexibility index (Phi) is 2.99. The van der Waals surface area contributed by atoms with Gasteiger partial charge in [-0.05, 0) is 51.0 Å². The summed E-state index contributed by atoms with van der Waals surface area (Å²) in [5.74, 6) is 0.832. The number of nitrogens with zero attached hydrogens (tertiary/aromatic N) is 1. The van der Waals surface area contributed by atoms with E-state index in [2.05, 4.69) is 19.2 Å². The van der Waals surface area contributed by atoms with Crippen molar-refractivity contribution in [3.8, 4) is 0 Å². The van der Waals surface area contributed by atoms with E-state index < -0.39 is 0 Å². The molecule has 17 heavy (non-hydrogen) atoms. The summed E-state index contributed by atoms with van der Waals surface area (Å²) in [6, 6.07) is 0. The first kappa shape index (κ1) is 11.7. The molecule has 0 bridgehead atoms. The summed E-state index contributed by atoms with van der Waals surface area (Å²) in [6.07, 6.45) is 7.73. The summed E-state index contributed by atoms with van der Waals surface area (Å²) in [4.78, 5) is 6.54. The summed E-state index contributed by atoms with van der Waals surface area (Å²) < 4.78 is 0. The van der Waals surface area contributed by atoms with Crippen molar-refractivity contribution < 1.29 is 0 Å². The number of rotatable bonds is 5. The number of aromatic nitrogens is 1. The van der Waals surface area contributed by atoms with E-state index in [1.165, 1.54) is 49.2 Å². The number of fused-ring (bicyclic) bond motifs is 1. The molecule has 1 aromatic heterocycles. The van der Waals surface area contributed by atoms with E-state index in [1.807, 2.05) is 11.3 Å². The first-order valence-electron chi connectivity index (χ1n) is 7.04. The van der Waals surface area contributed by atoms with Crippen LogP contribution in [0.15, 0.2) is 0 Å². The molecule has 0 spiro atoms. The third-order valence-corrected chi connectivity index (χ3v) is 5.64. The largest absolute Gasteiger partial charge is 0.305 e. The van der Waals surface area contributed by atoms with Gasteiger partial charge in [-0.25, -0.2) is 4.98 Å². The molecule has 1 fully saturated rings. The number of aryl methyl sites for hydroxylation is 2. The van der Waals surface area contributed by atoms with Crippen LogP contribution in [-0.2, 0) is 18.4 Å². The highest BCUT2D eigenvalue weighted by Gasteiger charge is 2.47. The van der Waals surface area contributed by atoms with Gasteiger partial charge in [0.05, 0.1) is 11.2 Å². The molecule has 1 heterocycles. The standard InChI is InChI=1S/C14H22N2S/c1-3-14(15-4-2,10-8-9-10)13-16-11-6-5-7-12(11)17-13/h10,15H,3-9H2,1-2H3. The van der Waals surface area contributed by atoms with Crippen molar-refractivity contribution in [2.75, 3.05) is 6.54 Å². The van der Waals surface area contributed by atoms with Crippen molar-refractivity contribution in [3.05, 3.63) is 15.6 Å². The van der Waals surface area contributed by atoms with Gasteiger partial charge in [0.25, 0.3) is 0 Å². The highest BCUT2D eigenvalue weighted by atomic mass is 32.1. The zero-order chi connectivity index (χ0) is 11.9. The van der Waals surface area contributed by atoms with Gasteiger partial charge in [-0.15, -0.1) is 11.3 Å². The van der Waals surface area contributed by atoms with Crippen molar-refractivity contribution in [1.82, 2.24) is 10.3 Å². The van der Waals surface area contributed by atoms with Crippen molar-refractivity contribution in [1.29, 1.82) is 0 Å². The Hall–Kier alpha value is -0.410. The molecule has 1 saturated carbocycles. The second-order valence-electron chi connectivity index (χ2n) is 5.37. The topological polar surface area (TPSA) is 24.9 Å². The van der Waals surface area contributed by atoms with E-state index in [0.717, 1.165) is 12.5 Å². The third kappa shape index (κ3) is 1.84. The lowest BCUT2D eigenvalue weighted by atomic mass is 9.90. The lowest BCUT2D eigenvalue weighted by Gasteiger charge is -2.32. The molecule has 3 rings (SSSR count). The Labute approximate surface area is 108 Å².